The second kappa shape index (κ2) is 20.9. The summed E-state index contributed by atoms with van der Waals surface area (Å²) in [7, 11) is 6.84. The fraction of sp³-hybridized carbons (Fsp3) is 0.255. The number of carbonyl (C=O) groups is 1. The van der Waals surface area contributed by atoms with Crippen LogP contribution in [0.15, 0.2) is 112 Å². The molecule has 6 aromatic rings. The molecule has 0 unspecified atom stereocenters. The maximum atomic E-state index is 12.2. The van der Waals surface area contributed by atoms with Crippen molar-refractivity contribution in [1.82, 2.24) is 25.1 Å². The van der Waals surface area contributed by atoms with Crippen LogP contribution in [-0.4, -0.2) is 90.8 Å². The number of hydrogen-bond donors (Lipinski definition) is 3. The van der Waals surface area contributed by atoms with E-state index >= 15 is 0 Å². The fourth-order valence-corrected chi connectivity index (χ4v) is 7.41. The number of methoxy groups -OCH3 is 3. The van der Waals surface area contributed by atoms with E-state index in [4.69, 9.17) is 24.5 Å². The van der Waals surface area contributed by atoms with Crippen molar-refractivity contribution >= 4 is 17.3 Å². The highest BCUT2D eigenvalue weighted by Gasteiger charge is 2.36. The van der Waals surface area contributed by atoms with Gasteiger partial charge in [0, 0.05) is 71.5 Å². The zero-order valence-electron chi connectivity index (χ0n) is 35.9. The molecule has 1 amide bonds. The molecule has 0 aliphatic carbocycles. The van der Waals surface area contributed by atoms with E-state index in [0.29, 0.717) is 22.9 Å². The Hall–Kier alpha value is -7.71. The van der Waals surface area contributed by atoms with Crippen LogP contribution in [-0.2, 0) is 4.79 Å². The molecule has 330 valence electrons. The van der Waals surface area contributed by atoms with E-state index in [-0.39, 0.29) is 40.1 Å². The standard InChI is InChI=1S/C23H27N3O3.C12H10F2N2O3.C12H9N3O/c1-14(27)24-16-7-5-15(6-8-16)23-18-12-22(29-4)21(28-3)11-17(18)19-13-26(2)10-9-20(19)25-23;1-18-10-6-7(2-4-9(10)19-12(13)14)8-3-5-11(17)16-15-8;1-8-11(9-2-4-14-5-3-9)6-10(7-13)12(16)15-8/h5-8,11-12,19-20H,9-10,13H2,1-4H3,(H,24,27);2-6,12H,1H3,(H,16,17);2-6H,1H3,(H,15,16)/t19-,20-;;/m0../s1. The van der Waals surface area contributed by atoms with Gasteiger partial charge in [0.05, 0.1) is 38.8 Å². The molecule has 64 heavy (non-hydrogen) atoms. The van der Waals surface area contributed by atoms with E-state index in [2.05, 4.69) is 48.2 Å². The lowest BCUT2D eigenvalue weighted by Gasteiger charge is -2.39. The molecule has 2 aliphatic heterocycles. The summed E-state index contributed by atoms with van der Waals surface area (Å²) in [6.45, 7) is 2.41. The smallest absolute Gasteiger partial charge is 0.387 e. The Morgan fingerprint density at radius 3 is 2.16 bits per heavy atom. The van der Waals surface area contributed by atoms with Crippen molar-refractivity contribution in [1.29, 1.82) is 5.26 Å². The van der Waals surface area contributed by atoms with Gasteiger partial charge < -0.3 is 34.1 Å². The molecule has 2 aliphatic rings. The van der Waals surface area contributed by atoms with E-state index in [9.17, 15) is 23.2 Å². The van der Waals surface area contributed by atoms with E-state index < -0.39 is 6.61 Å². The van der Waals surface area contributed by atoms with E-state index in [1.165, 1.54) is 43.9 Å². The number of likely N-dealkylation sites (tertiary alicyclic amines) is 1. The summed E-state index contributed by atoms with van der Waals surface area (Å²) < 4.78 is 44.8. The lowest BCUT2D eigenvalue weighted by atomic mass is 9.79. The number of hydrogen-bond acceptors (Lipinski definition) is 12. The first-order valence-electron chi connectivity index (χ1n) is 20.0. The van der Waals surface area contributed by atoms with Gasteiger partial charge in [0.25, 0.3) is 11.1 Å². The molecule has 0 spiro atoms. The van der Waals surface area contributed by atoms with E-state index in [1.807, 2.05) is 48.5 Å². The summed E-state index contributed by atoms with van der Waals surface area (Å²) >= 11 is 0. The number of aromatic nitrogens is 4. The number of aliphatic imine (C=N–C) groups is 1. The van der Waals surface area contributed by atoms with Gasteiger partial charge in [-0.2, -0.15) is 19.1 Å². The van der Waals surface area contributed by atoms with Crippen LogP contribution in [0.3, 0.4) is 0 Å². The van der Waals surface area contributed by atoms with Crippen LogP contribution in [0.5, 0.6) is 23.0 Å². The van der Waals surface area contributed by atoms with Crippen molar-refractivity contribution in [2.75, 3.05) is 46.8 Å². The molecule has 5 heterocycles. The number of amides is 1. The number of nitrogens with zero attached hydrogens (tertiary/aromatic N) is 5. The average Bonchev–Trinajstić information content (AvgIpc) is 3.29. The normalized spacial score (nSPS) is 15.0. The van der Waals surface area contributed by atoms with Crippen LogP contribution < -0.4 is 35.4 Å². The number of carbonyl (C=O) groups excluding carboxylic acids is 1. The lowest BCUT2D eigenvalue weighted by molar-refractivity contribution is -0.114. The number of rotatable bonds is 9. The molecular weight excluding hydrogens is 827 g/mol. The molecule has 3 aromatic heterocycles. The zero-order valence-corrected chi connectivity index (χ0v) is 35.9. The number of ether oxygens (including phenoxy) is 4. The van der Waals surface area contributed by atoms with Crippen LogP contribution in [0, 0.1) is 18.3 Å². The highest BCUT2D eigenvalue weighted by atomic mass is 19.3. The van der Waals surface area contributed by atoms with Crippen molar-refractivity contribution in [2.45, 2.75) is 38.8 Å². The molecule has 2 atom stereocenters. The van der Waals surface area contributed by atoms with Crippen molar-refractivity contribution < 1.29 is 32.5 Å². The number of alkyl halides is 2. The number of fused-ring (bicyclic) bond motifs is 3. The van der Waals surface area contributed by atoms with Crippen LogP contribution in [0.4, 0.5) is 14.5 Å². The highest BCUT2D eigenvalue weighted by Crippen LogP contribution is 2.42. The molecular formula is C47H46F2N8O7. The molecule has 1 saturated heterocycles. The number of halogens is 2. The minimum atomic E-state index is -2.93. The number of nitriles is 1. The zero-order chi connectivity index (χ0) is 45.9. The molecule has 1 fully saturated rings. The Bertz CT molecular complexity index is 2770. The quantitative estimate of drug-likeness (QED) is 0.136. The largest absolute Gasteiger partial charge is 0.493 e. The Labute approximate surface area is 367 Å². The number of H-pyrrole nitrogens is 2. The van der Waals surface area contributed by atoms with Gasteiger partial charge in [0.1, 0.15) is 11.6 Å². The predicted molar refractivity (Wildman–Crippen MR) is 238 cm³/mol. The van der Waals surface area contributed by atoms with Crippen LogP contribution in [0.25, 0.3) is 22.4 Å². The first kappa shape index (κ1) is 45.8. The summed E-state index contributed by atoms with van der Waals surface area (Å²) in [6.07, 6.45) is 4.38. The summed E-state index contributed by atoms with van der Waals surface area (Å²) in [5, 5.41) is 17.7. The third-order valence-corrected chi connectivity index (χ3v) is 10.5. The molecule has 0 bridgehead atoms. The third-order valence-electron chi connectivity index (χ3n) is 10.5. The number of aromatic amines is 2. The maximum Gasteiger partial charge on any atom is 0.387 e. The summed E-state index contributed by atoms with van der Waals surface area (Å²) in [5.41, 5.74) is 8.20. The maximum absolute atomic E-state index is 12.2. The lowest BCUT2D eigenvalue weighted by Crippen LogP contribution is -2.41. The summed E-state index contributed by atoms with van der Waals surface area (Å²) in [6, 6.07) is 26.6. The number of piperidine rings is 1. The van der Waals surface area contributed by atoms with Crippen LogP contribution >= 0.6 is 0 Å². The van der Waals surface area contributed by atoms with Gasteiger partial charge in [-0.25, -0.2) is 5.10 Å². The van der Waals surface area contributed by atoms with Gasteiger partial charge in [-0.1, -0.05) is 12.1 Å². The molecule has 0 radical (unpaired) electrons. The Balaban J connectivity index is 0.000000169. The van der Waals surface area contributed by atoms with E-state index in [1.54, 1.807) is 45.7 Å². The van der Waals surface area contributed by atoms with Gasteiger partial charge >= 0.3 is 6.61 Å². The highest BCUT2D eigenvalue weighted by molar-refractivity contribution is 6.15. The Morgan fingerprint density at radius 1 is 0.859 bits per heavy atom. The fourth-order valence-electron chi connectivity index (χ4n) is 7.41. The topological polar surface area (TPSA) is 197 Å². The van der Waals surface area contributed by atoms with Crippen LogP contribution in [0.2, 0.25) is 0 Å². The van der Waals surface area contributed by atoms with Gasteiger partial charge in [-0.15, -0.1) is 0 Å². The van der Waals surface area contributed by atoms with Gasteiger partial charge in [0.2, 0.25) is 5.91 Å². The van der Waals surface area contributed by atoms with Crippen molar-refractivity contribution in [3.63, 3.8) is 0 Å². The molecule has 3 aromatic carbocycles. The minimum absolute atomic E-state index is 0.0642. The number of anilines is 1. The first-order valence-corrected chi connectivity index (χ1v) is 20.0. The monoisotopic (exact) mass is 872 g/mol. The molecule has 8 rings (SSSR count). The third kappa shape index (κ3) is 11.0. The minimum Gasteiger partial charge on any atom is -0.493 e. The van der Waals surface area contributed by atoms with Crippen LogP contribution in [0.1, 0.15) is 47.2 Å². The van der Waals surface area contributed by atoms with Crippen molar-refractivity contribution in [3.05, 3.63) is 146 Å². The van der Waals surface area contributed by atoms with Crippen molar-refractivity contribution in [3.8, 4) is 51.5 Å². The van der Waals surface area contributed by atoms with E-state index in [0.717, 1.165) is 64.6 Å². The van der Waals surface area contributed by atoms with Gasteiger partial charge in [-0.05, 0) is 105 Å². The molecule has 17 heteroatoms. The number of aryl methyl sites for hydroxylation is 1. The average molecular weight is 873 g/mol. The molecule has 0 saturated carbocycles. The number of benzene rings is 3. The number of pyridine rings is 2. The van der Waals surface area contributed by atoms with Crippen molar-refractivity contribution in [2.24, 2.45) is 4.99 Å². The van der Waals surface area contributed by atoms with Gasteiger partial charge in [-0.3, -0.25) is 24.4 Å². The first-order chi connectivity index (χ1) is 30.8. The SMILES string of the molecule is COc1cc(-c2ccc(=O)[nH]n2)ccc1OC(F)F.COc1cc2c(cc1OC)[C@@H]1CN(C)CC[C@@H]1N=C2c1ccc(NC(C)=O)cc1.Cc1[nH]c(=O)c(C#N)cc1-c1ccncc1. The Kier molecular flexibility index (Phi) is 15.0. The molecule has 15 nitrogen and oxygen atoms in total. The predicted octanol–water partition coefficient (Wildman–Crippen LogP) is 6.96. The van der Waals surface area contributed by atoms with Gasteiger partial charge in [0.15, 0.2) is 23.0 Å². The Morgan fingerprint density at radius 2 is 1.53 bits per heavy atom. The number of nitrogens with one attached hydrogen (secondary N) is 3. The summed E-state index contributed by atoms with van der Waals surface area (Å²) in [4.78, 5) is 47.7. The second-order valence-corrected chi connectivity index (χ2v) is 14.7. The molecule has 3 N–H and O–H groups in total. The second-order valence-electron chi connectivity index (χ2n) is 14.7. The number of likely N-dealkylation sites (N-methyl/N-ethyl adjacent to an activating group) is 1. The summed E-state index contributed by atoms with van der Waals surface area (Å²) in [5.74, 6) is 1.81.